The molecule has 0 aliphatic rings. The number of halogens is 2. The maximum Gasteiger partial charge on any atom is 0.264 e. The molecule has 0 spiro atoms. The molecule has 0 heterocycles. The van der Waals surface area contributed by atoms with E-state index in [9.17, 15) is 18.0 Å². The molecule has 0 bridgehead atoms. The lowest BCUT2D eigenvalue weighted by atomic mass is 10.1. The lowest BCUT2D eigenvalue weighted by molar-refractivity contribution is -0.140. The highest BCUT2D eigenvalue weighted by Gasteiger charge is 2.34. The summed E-state index contributed by atoms with van der Waals surface area (Å²) >= 11 is 12.5. The van der Waals surface area contributed by atoms with Gasteiger partial charge in [-0.3, -0.25) is 13.9 Å². The van der Waals surface area contributed by atoms with Gasteiger partial charge in [0.15, 0.2) is 0 Å². The van der Waals surface area contributed by atoms with Crippen molar-refractivity contribution in [3.8, 4) is 0 Å². The first-order valence-corrected chi connectivity index (χ1v) is 15.2. The van der Waals surface area contributed by atoms with Gasteiger partial charge in [0.1, 0.15) is 12.6 Å². The molecule has 0 unspecified atom stereocenters. The molecule has 40 heavy (non-hydrogen) atoms. The zero-order valence-corrected chi connectivity index (χ0v) is 25.4. The molecule has 3 aromatic rings. The molecular weight excluding hydrogens is 569 g/mol. The third kappa shape index (κ3) is 8.46. The molecule has 0 aliphatic heterocycles. The average Bonchev–Trinajstić information content (AvgIpc) is 2.88. The van der Waals surface area contributed by atoms with Crippen LogP contribution in [0.1, 0.15) is 39.7 Å². The van der Waals surface area contributed by atoms with Crippen LogP contribution in [0.3, 0.4) is 0 Å². The Kier molecular flexibility index (Phi) is 10.6. The molecule has 0 aromatic heterocycles. The Morgan fingerprint density at radius 3 is 1.98 bits per heavy atom. The van der Waals surface area contributed by atoms with Gasteiger partial charge in [-0.1, -0.05) is 78.7 Å². The number of hydrogen-bond acceptors (Lipinski definition) is 4. The van der Waals surface area contributed by atoms with E-state index in [0.717, 1.165) is 9.87 Å². The zero-order valence-electron chi connectivity index (χ0n) is 23.1. The molecule has 3 aromatic carbocycles. The van der Waals surface area contributed by atoms with Crippen molar-refractivity contribution in [1.29, 1.82) is 0 Å². The fourth-order valence-corrected chi connectivity index (χ4v) is 6.21. The van der Waals surface area contributed by atoms with Crippen LogP contribution < -0.4 is 9.62 Å². The minimum absolute atomic E-state index is 0.00671. The fourth-order valence-electron chi connectivity index (χ4n) is 4.28. The zero-order chi connectivity index (χ0) is 29.5. The largest absolute Gasteiger partial charge is 0.350 e. The van der Waals surface area contributed by atoms with Crippen molar-refractivity contribution in [2.45, 2.75) is 57.0 Å². The van der Waals surface area contributed by atoms with Crippen LogP contribution in [0.5, 0.6) is 0 Å². The second-order valence-electron chi connectivity index (χ2n) is 10.4. The van der Waals surface area contributed by atoms with Crippen LogP contribution in [-0.4, -0.2) is 49.8 Å². The minimum atomic E-state index is -4.20. The predicted octanol–water partition coefficient (Wildman–Crippen LogP) is 5.95. The second kappa shape index (κ2) is 13.5. The number of hydrogen-bond donors (Lipinski definition) is 1. The molecule has 10 heteroatoms. The topological polar surface area (TPSA) is 86.8 Å². The molecule has 0 radical (unpaired) electrons. The van der Waals surface area contributed by atoms with Gasteiger partial charge in [-0.2, -0.15) is 0 Å². The number of rotatable bonds is 11. The first-order valence-electron chi connectivity index (χ1n) is 13.0. The molecule has 1 N–H and O–H groups in total. The Morgan fingerprint density at radius 2 is 1.45 bits per heavy atom. The number of carbonyl (C=O) groups excluding carboxylic acids is 2. The summed E-state index contributed by atoms with van der Waals surface area (Å²) < 4.78 is 28.7. The van der Waals surface area contributed by atoms with E-state index in [4.69, 9.17) is 23.2 Å². The molecule has 0 saturated heterocycles. The smallest absolute Gasteiger partial charge is 0.264 e. The predicted molar refractivity (Wildman–Crippen MR) is 161 cm³/mol. The third-order valence-electron chi connectivity index (χ3n) is 6.11. The van der Waals surface area contributed by atoms with E-state index in [1.807, 2.05) is 58.0 Å². The summed E-state index contributed by atoms with van der Waals surface area (Å²) in [6.45, 7) is 7.09. The van der Waals surface area contributed by atoms with Gasteiger partial charge in [0.05, 0.1) is 10.6 Å². The van der Waals surface area contributed by atoms with Crippen molar-refractivity contribution in [2.75, 3.05) is 17.4 Å². The summed E-state index contributed by atoms with van der Waals surface area (Å²) in [5.41, 5.74) is 0.616. The molecule has 3 rings (SSSR count). The monoisotopic (exact) mass is 603 g/mol. The van der Waals surface area contributed by atoms with Gasteiger partial charge in [-0.05, 0) is 69.5 Å². The number of sulfonamides is 1. The third-order valence-corrected chi connectivity index (χ3v) is 8.34. The van der Waals surface area contributed by atoms with Crippen LogP contribution in [0.4, 0.5) is 5.69 Å². The quantitative estimate of drug-likeness (QED) is 0.293. The number of amides is 2. The van der Waals surface area contributed by atoms with E-state index in [2.05, 4.69) is 5.32 Å². The number of benzene rings is 3. The van der Waals surface area contributed by atoms with Gasteiger partial charge < -0.3 is 10.2 Å². The number of anilines is 1. The normalized spacial score (nSPS) is 12.4. The maximum atomic E-state index is 14.0. The highest BCUT2D eigenvalue weighted by atomic mass is 35.5. The van der Waals surface area contributed by atoms with Crippen molar-refractivity contribution >= 4 is 50.7 Å². The number of carbonyl (C=O) groups is 2. The minimum Gasteiger partial charge on any atom is -0.350 e. The van der Waals surface area contributed by atoms with Gasteiger partial charge in [-0.25, -0.2) is 8.42 Å². The molecule has 0 saturated carbocycles. The highest BCUT2D eigenvalue weighted by molar-refractivity contribution is 7.92. The van der Waals surface area contributed by atoms with Crippen LogP contribution in [0, 0.1) is 0 Å². The molecule has 214 valence electrons. The van der Waals surface area contributed by atoms with Crippen LogP contribution in [0.2, 0.25) is 10.0 Å². The van der Waals surface area contributed by atoms with Gasteiger partial charge in [0, 0.05) is 22.1 Å². The van der Waals surface area contributed by atoms with E-state index in [1.165, 1.54) is 35.2 Å². The van der Waals surface area contributed by atoms with E-state index >= 15 is 0 Å². The molecule has 7 nitrogen and oxygen atoms in total. The first-order chi connectivity index (χ1) is 18.8. The fraction of sp³-hybridized carbons (Fsp3) is 0.333. The second-order valence-corrected chi connectivity index (χ2v) is 13.2. The summed E-state index contributed by atoms with van der Waals surface area (Å²) in [5.74, 6) is -0.831. The Balaban J connectivity index is 2.04. The number of nitrogens with zero attached hydrogens (tertiary/aromatic N) is 2. The van der Waals surface area contributed by atoms with Crippen molar-refractivity contribution in [3.05, 3.63) is 94.5 Å². The van der Waals surface area contributed by atoms with Crippen molar-refractivity contribution in [3.63, 3.8) is 0 Å². The van der Waals surface area contributed by atoms with Gasteiger partial charge in [0.25, 0.3) is 10.0 Å². The van der Waals surface area contributed by atoms with E-state index in [0.29, 0.717) is 12.8 Å². The summed E-state index contributed by atoms with van der Waals surface area (Å²) in [6, 6.07) is 21.0. The maximum absolute atomic E-state index is 14.0. The first kappa shape index (κ1) is 31.5. The summed E-state index contributed by atoms with van der Waals surface area (Å²) in [7, 11) is -4.20. The van der Waals surface area contributed by atoms with Crippen molar-refractivity contribution in [2.24, 2.45) is 0 Å². The Morgan fingerprint density at radius 1 is 0.900 bits per heavy atom. The molecule has 0 aliphatic carbocycles. The standard InChI is InChI=1S/C30H35Cl2N3O4S/c1-5-27(29(37)33-30(2,3)4)34(17-16-22-12-8-6-9-13-22)28(36)21-35(25-19-23(31)18-24(32)20-25)40(38,39)26-14-10-7-11-15-26/h6-15,18-20,27H,5,16-17,21H2,1-4H3,(H,33,37)/t27-/m0/s1. The van der Waals surface area contributed by atoms with E-state index in [1.54, 1.807) is 18.2 Å². The van der Waals surface area contributed by atoms with Crippen molar-refractivity contribution < 1.29 is 18.0 Å². The van der Waals surface area contributed by atoms with Crippen LogP contribution in [0.25, 0.3) is 0 Å². The van der Waals surface area contributed by atoms with Crippen LogP contribution in [-0.2, 0) is 26.0 Å². The SMILES string of the molecule is CC[C@@H](C(=O)NC(C)(C)C)N(CCc1ccccc1)C(=O)CN(c1cc(Cl)cc(Cl)c1)S(=O)(=O)c1ccccc1. The van der Waals surface area contributed by atoms with Crippen LogP contribution in [0.15, 0.2) is 83.8 Å². The summed E-state index contributed by atoms with van der Waals surface area (Å²) in [4.78, 5) is 28.9. The van der Waals surface area contributed by atoms with E-state index < -0.39 is 34.1 Å². The summed E-state index contributed by atoms with van der Waals surface area (Å²) in [6.07, 6.45) is 0.831. The lowest BCUT2D eigenvalue weighted by Crippen LogP contribution is -2.56. The van der Waals surface area contributed by atoms with Gasteiger partial charge in [-0.15, -0.1) is 0 Å². The Labute approximate surface area is 247 Å². The lowest BCUT2D eigenvalue weighted by Gasteiger charge is -2.34. The highest BCUT2D eigenvalue weighted by Crippen LogP contribution is 2.30. The van der Waals surface area contributed by atoms with Gasteiger partial charge in [0.2, 0.25) is 11.8 Å². The van der Waals surface area contributed by atoms with Gasteiger partial charge >= 0.3 is 0 Å². The molecule has 2 amide bonds. The molecular formula is C30H35Cl2N3O4S. The molecule has 0 fully saturated rings. The Hall–Kier alpha value is -3.07. The van der Waals surface area contributed by atoms with Crippen molar-refractivity contribution in [1.82, 2.24) is 10.2 Å². The van der Waals surface area contributed by atoms with E-state index in [-0.39, 0.29) is 33.1 Å². The average molecular weight is 605 g/mol. The Bertz CT molecular complexity index is 1390. The summed E-state index contributed by atoms with van der Waals surface area (Å²) in [5, 5.41) is 3.40. The number of nitrogens with one attached hydrogen (secondary N) is 1. The van der Waals surface area contributed by atoms with Crippen LogP contribution >= 0.6 is 23.2 Å². The molecule has 1 atom stereocenters.